The third-order valence-corrected chi connectivity index (χ3v) is 3.15. The van der Waals surface area contributed by atoms with Gasteiger partial charge >= 0.3 is 0 Å². The normalized spacial score (nSPS) is 12.2. The van der Waals surface area contributed by atoms with E-state index in [0.29, 0.717) is 29.5 Å². The molecule has 0 aliphatic heterocycles. The van der Waals surface area contributed by atoms with Crippen LogP contribution in [0.4, 0.5) is 0 Å². The highest BCUT2D eigenvalue weighted by Crippen LogP contribution is 2.28. The summed E-state index contributed by atoms with van der Waals surface area (Å²) in [5, 5.41) is 10.2. The largest absolute Gasteiger partial charge is 0.491 e. The van der Waals surface area contributed by atoms with Crippen LogP contribution >= 0.6 is 11.6 Å². The molecule has 5 heteroatoms. The van der Waals surface area contributed by atoms with Crippen LogP contribution in [-0.4, -0.2) is 16.3 Å². The molecule has 0 unspecified atom stereocenters. The third kappa shape index (κ3) is 3.62. The van der Waals surface area contributed by atoms with Crippen molar-refractivity contribution in [2.24, 2.45) is 0 Å². The standard InChI is InChI=1S/C15H16ClNO3/c1-11(18)13-10-12(16)5-6-14(13)20-9-8-17-7-3-2-4-15(17)19/h2-7,10-11,18H,8-9H2,1H3/t11-/m0/s1. The van der Waals surface area contributed by atoms with Gasteiger partial charge in [-0.25, -0.2) is 0 Å². The molecule has 1 aromatic carbocycles. The van der Waals surface area contributed by atoms with Gasteiger partial charge in [0.15, 0.2) is 0 Å². The zero-order valence-electron chi connectivity index (χ0n) is 11.1. The van der Waals surface area contributed by atoms with Gasteiger partial charge in [0.2, 0.25) is 0 Å². The van der Waals surface area contributed by atoms with Crippen molar-refractivity contribution in [1.29, 1.82) is 0 Å². The Labute approximate surface area is 122 Å². The van der Waals surface area contributed by atoms with Gasteiger partial charge in [-0.15, -0.1) is 0 Å². The minimum Gasteiger partial charge on any atom is -0.491 e. The Kier molecular flexibility index (Phi) is 4.82. The lowest BCUT2D eigenvalue weighted by atomic mass is 10.1. The molecule has 0 saturated carbocycles. The minimum absolute atomic E-state index is 0.0667. The number of rotatable bonds is 5. The van der Waals surface area contributed by atoms with E-state index >= 15 is 0 Å². The van der Waals surface area contributed by atoms with E-state index in [9.17, 15) is 9.90 Å². The molecule has 0 spiro atoms. The lowest BCUT2D eigenvalue weighted by Crippen LogP contribution is -2.21. The van der Waals surface area contributed by atoms with E-state index < -0.39 is 6.10 Å². The molecular weight excluding hydrogens is 278 g/mol. The Morgan fingerprint density at radius 3 is 2.85 bits per heavy atom. The molecule has 0 fully saturated rings. The van der Waals surface area contributed by atoms with Crippen LogP contribution in [0.1, 0.15) is 18.6 Å². The van der Waals surface area contributed by atoms with Crippen LogP contribution in [0.3, 0.4) is 0 Å². The molecule has 106 valence electrons. The zero-order valence-corrected chi connectivity index (χ0v) is 11.9. The Morgan fingerprint density at radius 1 is 1.35 bits per heavy atom. The lowest BCUT2D eigenvalue weighted by molar-refractivity contribution is 0.190. The highest BCUT2D eigenvalue weighted by atomic mass is 35.5. The second kappa shape index (κ2) is 6.59. The number of aromatic nitrogens is 1. The summed E-state index contributed by atoms with van der Waals surface area (Å²) in [5.74, 6) is 0.577. The van der Waals surface area contributed by atoms with Crippen molar-refractivity contribution < 1.29 is 9.84 Å². The van der Waals surface area contributed by atoms with Gasteiger partial charge in [-0.05, 0) is 31.2 Å². The van der Waals surface area contributed by atoms with Gasteiger partial charge in [0.05, 0.1) is 12.6 Å². The molecule has 0 aliphatic carbocycles. The van der Waals surface area contributed by atoms with Crippen LogP contribution in [0.15, 0.2) is 47.4 Å². The molecule has 0 saturated heterocycles. The molecule has 4 nitrogen and oxygen atoms in total. The summed E-state index contributed by atoms with van der Waals surface area (Å²) in [7, 11) is 0. The van der Waals surface area contributed by atoms with Crippen LogP contribution in [0, 0.1) is 0 Å². The average Bonchev–Trinajstić information content (AvgIpc) is 2.42. The molecule has 1 atom stereocenters. The zero-order chi connectivity index (χ0) is 14.5. The van der Waals surface area contributed by atoms with Crippen LogP contribution in [0.25, 0.3) is 0 Å². The predicted octanol–water partition coefficient (Wildman–Crippen LogP) is 2.63. The number of benzene rings is 1. The maximum Gasteiger partial charge on any atom is 0.250 e. The van der Waals surface area contributed by atoms with Crippen molar-refractivity contribution in [3.63, 3.8) is 0 Å². The summed E-state index contributed by atoms with van der Waals surface area (Å²) in [6.45, 7) is 2.44. The smallest absolute Gasteiger partial charge is 0.250 e. The second-order valence-electron chi connectivity index (χ2n) is 4.44. The van der Waals surface area contributed by atoms with E-state index in [0.717, 1.165) is 0 Å². The van der Waals surface area contributed by atoms with Gasteiger partial charge in [0.25, 0.3) is 5.56 Å². The van der Waals surface area contributed by atoms with E-state index in [1.54, 1.807) is 48.0 Å². The topological polar surface area (TPSA) is 51.5 Å². The van der Waals surface area contributed by atoms with Gasteiger partial charge in [-0.2, -0.15) is 0 Å². The number of pyridine rings is 1. The van der Waals surface area contributed by atoms with E-state index in [1.165, 1.54) is 6.07 Å². The van der Waals surface area contributed by atoms with Crippen molar-refractivity contribution in [1.82, 2.24) is 4.57 Å². The fraction of sp³-hybridized carbons (Fsp3) is 0.267. The Morgan fingerprint density at radius 2 is 2.15 bits per heavy atom. The van der Waals surface area contributed by atoms with E-state index in [2.05, 4.69) is 0 Å². The predicted molar refractivity (Wildman–Crippen MR) is 78.3 cm³/mol. The van der Waals surface area contributed by atoms with Gasteiger partial charge in [0, 0.05) is 22.8 Å². The van der Waals surface area contributed by atoms with Gasteiger partial charge < -0.3 is 14.4 Å². The summed E-state index contributed by atoms with van der Waals surface area (Å²) < 4.78 is 7.20. The molecule has 1 N–H and O–H groups in total. The maximum absolute atomic E-state index is 11.5. The van der Waals surface area contributed by atoms with Crippen molar-refractivity contribution >= 4 is 11.6 Å². The molecule has 2 aromatic rings. The molecule has 1 heterocycles. The summed E-state index contributed by atoms with van der Waals surface area (Å²) in [6, 6.07) is 10.1. The fourth-order valence-corrected chi connectivity index (χ4v) is 2.06. The van der Waals surface area contributed by atoms with Crippen LogP contribution in [0.2, 0.25) is 5.02 Å². The van der Waals surface area contributed by atoms with Crippen LogP contribution < -0.4 is 10.3 Å². The highest BCUT2D eigenvalue weighted by molar-refractivity contribution is 6.30. The molecular formula is C15H16ClNO3. The van der Waals surface area contributed by atoms with Crippen LogP contribution in [-0.2, 0) is 6.54 Å². The molecule has 0 bridgehead atoms. The first kappa shape index (κ1) is 14.6. The number of halogens is 1. The molecule has 20 heavy (non-hydrogen) atoms. The SMILES string of the molecule is C[C@H](O)c1cc(Cl)ccc1OCCn1ccccc1=O. The highest BCUT2D eigenvalue weighted by Gasteiger charge is 2.10. The first-order valence-corrected chi connectivity index (χ1v) is 6.71. The molecule has 0 amide bonds. The minimum atomic E-state index is -0.664. The van der Waals surface area contributed by atoms with E-state index in [4.69, 9.17) is 16.3 Å². The summed E-state index contributed by atoms with van der Waals surface area (Å²) >= 11 is 5.90. The van der Waals surface area contributed by atoms with Crippen molar-refractivity contribution in [2.45, 2.75) is 19.6 Å². The van der Waals surface area contributed by atoms with E-state index in [-0.39, 0.29) is 5.56 Å². The first-order valence-electron chi connectivity index (χ1n) is 6.33. The van der Waals surface area contributed by atoms with Crippen molar-refractivity contribution in [3.8, 4) is 5.75 Å². The first-order chi connectivity index (χ1) is 9.58. The maximum atomic E-state index is 11.5. The number of aliphatic hydroxyl groups is 1. The van der Waals surface area contributed by atoms with Crippen molar-refractivity contribution in [2.75, 3.05) is 6.61 Å². The molecule has 0 radical (unpaired) electrons. The summed E-state index contributed by atoms with van der Waals surface area (Å²) in [6.07, 6.45) is 1.05. The lowest BCUT2D eigenvalue weighted by Gasteiger charge is -2.14. The summed E-state index contributed by atoms with van der Waals surface area (Å²) in [4.78, 5) is 11.5. The number of hydrogen-bond donors (Lipinski definition) is 1. The fourth-order valence-electron chi connectivity index (χ4n) is 1.88. The van der Waals surface area contributed by atoms with Crippen LogP contribution in [0.5, 0.6) is 5.75 Å². The Hall–Kier alpha value is -1.78. The van der Waals surface area contributed by atoms with Crippen molar-refractivity contribution in [3.05, 3.63) is 63.5 Å². The van der Waals surface area contributed by atoms with Gasteiger partial charge in [0.1, 0.15) is 12.4 Å². The van der Waals surface area contributed by atoms with E-state index in [1.807, 2.05) is 0 Å². The molecule has 2 rings (SSSR count). The molecule has 1 aromatic heterocycles. The van der Waals surface area contributed by atoms with Gasteiger partial charge in [-0.1, -0.05) is 17.7 Å². The third-order valence-electron chi connectivity index (χ3n) is 2.91. The number of hydrogen-bond acceptors (Lipinski definition) is 3. The quantitative estimate of drug-likeness (QED) is 0.922. The Bertz CT molecular complexity index is 637. The average molecular weight is 294 g/mol. The number of aliphatic hydroxyl groups excluding tert-OH is 1. The number of ether oxygens (including phenoxy) is 1. The summed E-state index contributed by atoms with van der Waals surface area (Å²) in [5.41, 5.74) is 0.570. The second-order valence-corrected chi connectivity index (χ2v) is 4.88. The molecule has 0 aliphatic rings. The monoisotopic (exact) mass is 293 g/mol. The number of nitrogens with zero attached hydrogens (tertiary/aromatic N) is 1. The van der Waals surface area contributed by atoms with Gasteiger partial charge in [-0.3, -0.25) is 4.79 Å². The Balaban J connectivity index is 2.05.